The van der Waals surface area contributed by atoms with Crippen molar-refractivity contribution in [1.29, 1.82) is 0 Å². The number of carbonyl (C=O) groups is 1. The number of hydrogen-bond acceptors (Lipinski definition) is 1. The van der Waals surface area contributed by atoms with E-state index in [0.717, 1.165) is 24.0 Å². The van der Waals surface area contributed by atoms with Crippen LogP contribution in [0.4, 0.5) is 0 Å². The van der Waals surface area contributed by atoms with Crippen LogP contribution >= 0.6 is 0 Å². The molecule has 0 aromatic heterocycles. The van der Waals surface area contributed by atoms with E-state index in [1.54, 1.807) is 0 Å². The molecule has 0 saturated heterocycles. The van der Waals surface area contributed by atoms with Crippen molar-refractivity contribution in [3.8, 4) is 0 Å². The number of Topliss-reactive ketones (excluding diaryl/α,β-unsaturated/α-hetero) is 1. The molecule has 16 heavy (non-hydrogen) atoms. The highest BCUT2D eigenvalue weighted by Crippen LogP contribution is 2.28. The van der Waals surface area contributed by atoms with Gasteiger partial charge in [0.2, 0.25) is 0 Å². The SMILES string of the molecule is CC(C)(C)/C=C1\CCc2ccccc2C1=O. The van der Waals surface area contributed by atoms with E-state index in [4.69, 9.17) is 0 Å². The standard InChI is InChI=1S/C15H18O/c1-15(2,3)10-12-9-8-11-6-4-5-7-13(11)14(12)16/h4-7,10H,8-9H2,1-3H3/b12-10+. The molecule has 0 saturated carbocycles. The van der Waals surface area contributed by atoms with Crippen LogP contribution in [-0.4, -0.2) is 5.78 Å². The molecule has 0 bridgehead atoms. The molecule has 1 heteroatoms. The lowest BCUT2D eigenvalue weighted by Crippen LogP contribution is -2.16. The largest absolute Gasteiger partial charge is 0.289 e. The molecule has 0 radical (unpaired) electrons. The Hall–Kier alpha value is -1.37. The number of benzene rings is 1. The maximum Gasteiger partial charge on any atom is 0.188 e. The van der Waals surface area contributed by atoms with E-state index in [-0.39, 0.29) is 11.2 Å². The molecule has 0 unspecified atom stereocenters. The van der Waals surface area contributed by atoms with E-state index in [9.17, 15) is 4.79 Å². The summed E-state index contributed by atoms with van der Waals surface area (Å²) in [5.41, 5.74) is 3.14. The summed E-state index contributed by atoms with van der Waals surface area (Å²) in [4.78, 5) is 12.2. The Kier molecular flexibility index (Phi) is 2.71. The fraction of sp³-hybridized carbons (Fsp3) is 0.400. The summed E-state index contributed by atoms with van der Waals surface area (Å²) < 4.78 is 0. The average molecular weight is 214 g/mol. The first kappa shape index (κ1) is 11.1. The van der Waals surface area contributed by atoms with Crippen LogP contribution < -0.4 is 0 Å². The zero-order chi connectivity index (χ0) is 11.8. The van der Waals surface area contributed by atoms with Gasteiger partial charge in [-0.3, -0.25) is 4.79 Å². The second kappa shape index (κ2) is 3.89. The first-order chi connectivity index (χ1) is 7.47. The van der Waals surface area contributed by atoms with Gasteiger partial charge in [0.15, 0.2) is 5.78 Å². The Bertz CT molecular complexity index is 447. The molecule has 0 fully saturated rings. The van der Waals surface area contributed by atoms with Gasteiger partial charge in [0.1, 0.15) is 0 Å². The van der Waals surface area contributed by atoms with Crippen LogP contribution in [0, 0.1) is 5.41 Å². The highest BCUT2D eigenvalue weighted by Gasteiger charge is 2.22. The Labute approximate surface area is 97.2 Å². The smallest absolute Gasteiger partial charge is 0.188 e. The first-order valence-electron chi connectivity index (χ1n) is 5.82. The number of rotatable bonds is 0. The van der Waals surface area contributed by atoms with Crippen LogP contribution in [0.2, 0.25) is 0 Å². The third-order valence-corrected chi connectivity index (χ3v) is 2.82. The minimum absolute atomic E-state index is 0.0806. The molecule has 1 aromatic rings. The second-order valence-corrected chi connectivity index (χ2v) is 5.52. The average Bonchev–Trinajstić information content (AvgIpc) is 2.21. The van der Waals surface area contributed by atoms with Gasteiger partial charge >= 0.3 is 0 Å². The van der Waals surface area contributed by atoms with Gasteiger partial charge in [0.25, 0.3) is 0 Å². The van der Waals surface area contributed by atoms with Gasteiger partial charge in [-0.1, -0.05) is 51.1 Å². The molecular formula is C15H18O. The molecule has 1 aliphatic carbocycles. The molecule has 0 spiro atoms. The van der Waals surface area contributed by atoms with Crippen molar-refractivity contribution in [1.82, 2.24) is 0 Å². The van der Waals surface area contributed by atoms with Gasteiger partial charge < -0.3 is 0 Å². The molecule has 0 aliphatic heterocycles. The molecule has 1 aliphatic rings. The molecule has 0 atom stereocenters. The summed E-state index contributed by atoms with van der Waals surface area (Å²) in [6.45, 7) is 6.40. The van der Waals surface area contributed by atoms with E-state index < -0.39 is 0 Å². The van der Waals surface area contributed by atoms with E-state index in [1.807, 2.05) is 18.2 Å². The Balaban J connectivity index is 2.39. The summed E-state index contributed by atoms with van der Waals surface area (Å²) in [6, 6.07) is 7.94. The highest BCUT2D eigenvalue weighted by molar-refractivity contribution is 6.10. The van der Waals surface area contributed by atoms with Crippen molar-refractivity contribution in [3.05, 3.63) is 47.0 Å². The highest BCUT2D eigenvalue weighted by atomic mass is 16.1. The summed E-state index contributed by atoms with van der Waals surface area (Å²) in [7, 11) is 0. The fourth-order valence-electron chi connectivity index (χ4n) is 2.18. The van der Waals surface area contributed by atoms with Crippen molar-refractivity contribution in [3.63, 3.8) is 0 Å². The fourth-order valence-corrected chi connectivity index (χ4v) is 2.18. The monoisotopic (exact) mass is 214 g/mol. The predicted octanol–water partition coefficient (Wildman–Crippen LogP) is 3.79. The van der Waals surface area contributed by atoms with E-state index in [1.165, 1.54) is 5.56 Å². The number of aryl methyl sites for hydroxylation is 1. The maximum atomic E-state index is 12.2. The van der Waals surface area contributed by atoms with Crippen LogP contribution in [-0.2, 0) is 6.42 Å². The van der Waals surface area contributed by atoms with Crippen LogP contribution in [0.15, 0.2) is 35.9 Å². The van der Waals surface area contributed by atoms with Gasteiger partial charge in [0, 0.05) is 5.56 Å². The molecular weight excluding hydrogens is 196 g/mol. The van der Waals surface area contributed by atoms with Crippen LogP contribution in [0.25, 0.3) is 0 Å². The van der Waals surface area contributed by atoms with Crippen LogP contribution in [0.1, 0.15) is 43.1 Å². The molecule has 84 valence electrons. The van der Waals surface area contributed by atoms with Crippen molar-refractivity contribution < 1.29 is 4.79 Å². The summed E-state index contributed by atoms with van der Waals surface area (Å²) in [5, 5.41) is 0. The number of allylic oxidation sites excluding steroid dienone is 2. The Morgan fingerprint density at radius 1 is 1.12 bits per heavy atom. The third kappa shape index (κ3) is 2.24. The van der Waals surface area contributed by atoms with Gasteiger partial charge in [-0.25, -0.2) is 0 Å². The summed E-state index contributed by atoms with van der Waals surface area (Å²) in [6.07, 6.45) is 3.99. The number of ketones is 1. The lowest BCUT2D eigenvalue weighted by atomic mass is 9.83. The zero-order valence-corrected chi connectivity index (χ0v) is 10.2. The molecule has 0 heterocycles. The van der Waals surface area contributed by atoms with Gasteiger partial charge in [-0.05, 0) is 29.4 Å². The topological polar surface area (TPSA) is 17.1 Å². The maximum absolute atomic E-state index is 12.2. The Morgan fingerprint density at radius 2 is 1.81 bits per heavy atom. The third-order valence-electron chi connectivity index (χ3n) is 2.82. The van der Waals surface area contributed by atoms with E-state index >= 15 is 0 Å². The number of hydrogen-bond donors (Lipinski definition) is 0. The van der Waals surface area contributed by atoms with Gasteiger partial charge in [-0.15, -0.1) is 0 Å². The zero-order valence-electron chi connectivity index (χ0n) is 10.2. The summed E-state index contributed by atoms with van der Waals surface area (Å²) in [5.74, 6) is 0.219. The van der Waals surface area contributed by atoms with Crippen molar-refractivity contribution in [2.24, 2.45) is 5.41 Å². The molecule has 0 N–H and O–H groups in total. The minimum atomic E-state index is 0.0806. The van der Waals surface area contributed by atoms with Gasteiger partial charge in [0.05, 0.1) is 0 Å². The van der Waals surface area contributed by atoms with Crippen LogP contribution in [0.3, 0.4) is 0 Å². The van der Waals surface area contributed by atoms with E-state index in [0.29, 0.717) is 0 Å². The number of fused-ring (bicyclic) bond motifs is 1. The second-order valence-electron chi connectivity index (χ2n) is 5.52. The molecule has 1 nitrogen and oxygen atoms in total. The Morgan fingerprint density at radius 3 is 2.50 bits per heavy atom. The molecule has 2 rings (SSSR count). The van der Waals surface area contributed by atoms with E-state index in [2.05, 4.69) is 32.9 Å². The first-order valence-corrected chi connectivity index (χ1v) is 5.82. The van der Waals surface area contributed by atoms with Crippen molar-refractivity contribution in [2.45, 2.75) is 33.6 Å². The summed E-state index contributed by atoms with van der Waals surface area (Å²) >= 11 is 0. The van der Waals surface area contributed by atoms with Gasteiger partial charge in [-0.2, -0.15) is 0 Å². The minimum Gasteiger partial charge on any atom is -0.289 e. The van der Waals surface area contributed by atoms with Crippen molar-refractivity contribution in [2.75, 3.05) is 0 Å². The lowest BCUT2D eigenvalue weighted by Gasteiger charge is -2.21. The molecule has 0 amide bonds. The predicted molar refractivity (Wildman–Crippen MR) is 66.6 cm³/mol. The lowest BCUT2D eigenvalue weighted by molar-refractivity contribution is 0.102. The van der Waals surface area contributed by atoms with Crippen molar-refractivity contribution >= 4 is 5.78 Å². The number of carbonyl (C=O) groups excluding carboxylic acids is 1. The normalized spacial score (nSPS) is 18.7. The van der Waals surface area contributed by atoms with Crippen LogP contribution in [0.5, 0.6) is 0 Å². The quantitative estimate of drug-likeness (QED) is 0.600. The molecule has 1 aromatic carbocycles.